The van der Waals surface area contributed by atoms with Crippen molar-refractivity contribution in [3.8, 4) is 0 Å². The van der Waals surface area contributed by atoms with Gasteiger partial charge in [0.05, 0.1) is 18.7 Å². The maximum absolute atomic E-state index is 11.5. The minimum absolute atomic E-state index is 0.283. The average molecular weight is 252 g/mol. The van der Waals surface area contributed by atoms with Gasteiger partial charge in [0, 0.05) is 21.1 Å². The fourth-order valence-corrected chi connectivity index (χ4v) is 1.85. The van der Waals surface area contributed by atoms with Crippen LogP contribution in [0.15, 0.2) is 0 Å². The molecular weight excluding hydrogens is 236 g/mol. The van der Waals surface area contributed by atoms with Crippen molar-refractivity contribution < 1.29 is 23.1 Å². The monoisotopic (exact) mass is 252 g/mol. The van der Waals surface area contributed by atoms with Crippen molar-refractivity contribution in [2.75, 3.05) is 33.4 Å². The third-order valence-electron chi connectivity index (χ3n) is 1.91. The highest BCUT2D eigenvalue weighted by Crippen LogP contribution is 2.01. The number of amides is 1. The number of carbonyl (C=O) groups is 2. The van der Waals surface area contributed by atoms with Crippen LogP contribution in [-0.2, 0) is 19.6 Å². The third-order valence-corrected chi connectivity index (χ3v) is 3.70. The van der Waals surface area contributed by atoms with Gasteiger partial charge in [-0.2, -0.15) is 4.31 Å². The van der Waals surface area contributed by atoms with E-state index in [4.69, 9.17) is 5.11 Å². The lowest BCUT2D eigenvalue weighted by Gasteiger charge is -2.18. The molecule has 0 aliphatic carbocycles. The van der Waals surface area contributed by atoms with E-state index in [1.807, 2.05) is 0 Å². The number of sulfonamides is 1. The number of hydrogen-bond donors (Lipinski definition) is 1. The maximum atomic E-state index is 11.5. The second-order valence-corrected chi connectivity index (χ2v) is 5.70. The van der Waals surface area contributed by atoms with Crippen LogP contribution in [0.5, 0.6) is 0 Å². The van der Waals surface area contributed by atoms with Gasteiger partial charge in [-0.25, -0.2) is 8.42 Å². The standard InChI is InChI=1S/C8H16N2O5S/c1-9(2)7(11)6-10(3)16(14,15)5-4-8(12)13/h4-6H2,1-3H3,(H,12,13). The molecule has 1 amide bonds. The maximum Gasteiger partial charge on any atom is 0.304 e. The number of nitrogens with zero attached hydrogens (tertiary/aromatic N) is 2. The number of carbonyl (C=O) groups excluding carboxylic acids is 1. The van der Waals surface area contributed by atoms with E-state index >= 15 is 0 Å². The van der Waals surface area contributed by atoms with Crippen molar-refractivity contribution in [2.24, 2.45) is 0 Å². The molecule has 8 heteroatoms. The van der Waals surface area contributed by atoms with Gasteiger partial charge in [-0.3, -0.25) is 9.59 Å². The molecule has 0 saturated carbocycles. The quantitative estimate of drug-likeness (QED) is 0.641. The van der Waals surface area contributed by atoms with Crippen molar-refractivity contribution in [2.45, 2.75) is 6.42 Å². The van der Waals surface area contributed by atoms with Crippen molar-refractivity contribution in [1.29, 1.82) is 0 Å². The molecule has 94 valence electrons. The van der Waals surface area contributed by atoms with Crippen molar-refractivity contribution in [3.05, 3.63) is 0 Å². The summed E-state index contributed by atoms with van der Waals surface area (Å²) in [6.07, 6.45) is -0.469. The summed E-state index contributed by atoms with van der Waals surface area (Å²) >= 11 is 0. The summed E-state index contributed by atoms with van der Waals surface area (Å²) in [5.41, 5.74) is 0. The van der Waals surface area contributed by atoms with Crippen LogP contribution in [0.2, 0.25) is 0 Å². The summed E-state index contributed by atoms with van der Waals surface area (Å²) in [7, 11) is 0.598. The van der Waals surface area contributed by atoms with Gasteiger partial charge in [-0.05, 0) is 0 Å². The molecule has 0 aliphatic rings. The first-order chi connectivity index (χ1) is 7.16. The molecule has 0 aromatic rings. The molecule has 0 spiro atoms. The Morgan fingerprint density at radius 2 is 1.69 bits per heavy atom. The van der Waals surface area contributed by atoms with Crippen LogP contribution >= 0.6 is 0 Å². The Hall–Kier alpha value is -1.15. The van der Waals surface area contributed by atoms with E-state index in [2.05, 4.69) is 0 Å². The van der Waals surface area contributed by atoms with Crippen molar-refractivity contribution in [1.82, 2.24) is 9.21 Å². The lowest BCUT2D eigenvalue weighted by Crippen LogP contribution is -2.39. The van der Waals surface area contributed by atoms with Gasteiger partial charge < -0.3 is 10.0 Å². The van der Waals surface area contributed by atoms with Gasteiger partial charge in [0.2, 0.25) is 15.9 Å². The molecule has 0 rings (SSSR count). The van der Waals surface area contributed by atoms with Crippen LogP contribution in [0, 0.1) is 0 Å². The number of hydrogen-bond acceptors (Lipinski definition) is 4. The summed E-state index contributed by atoms with van der Waals surface area (Å²) in [4.78, 5) is 22.7. The van der Waals surface area contributed by atoms with Gasteiger partial charge in [0.1, 0.15) is 0 Å². The highest BCUT2D eigenvalue weighted by atomic mass is 32.2. The largest absolute Gasteiger partial charge is 0.481 e. The molecule has 0 bridgehead atoms. The van der Waals surface area contributed by atoms with E-state index in [9.17, 15) is 18.0 Å². The average Bonchev–Trinajstić information content (AvgIpc) is 2.14. The van der Waals surface area contributed by atoms with Crippen molar-refractivity contribution >= 4 is 21.9 Å². The smallest absolute Gasteiger partial charge is 0.304 e. The van der Waals surface area contributed by atoms with Gasteiger partial charge >= 0.3 is 5.97 Å². The second-order valence-electron chi connectivity index (χ2n) is 3.50. The number of rotatable bonds is 6. The van der Waals surface area contributed by atoms with Crippen LogP contribution < -0.4 is 0 Å². The molecule has 0 unspecified atom stereocenters. The molecule has 0 radical (unpaired) electrons. The first kappa shape index (κ1) is 14.8. The first-order valence-electron chi connectivity index (χ1n) is 4.53. The third kappa shape index (κ3) is 5.08. The van der Waals surface area contributed by atoms with E-state index in [0.29, 0.717) is 0 Å². The zero-order valence-corrected chi connectivity index (χ0v) is 10.3. The normalized spacial score (nSPS) is 11.5. The zero-order valence-electron chi connectivity index (χ0n) is 9.50. The highest BCUT2D eigenvalue weighted by Gasteiger charge is 2.21. The minimum atomic E-state index is -3.68. The Kier molecular flexibility index (Phi) is 5.39. The fourth-order valence-electron chi connectivity index (χ4n) is 0.802. The van der Waals surface area contributed by atoms with Gasteiger partial charge in [-0.15, -0.1) is 0 Å². The molecule has 16 heavy (non-hydrogen) atoms. The van der Waals surface area contributed by atoms with Crippen molar-refractivity contribution in [3.63, 3.8) is 0 Å². The van der Waals surface area contributed by atoms with E-state index < -0.39 is 28.2 Å². The molecule has 0 heterocycles. The van der Waals surface area contributed by atoms with Crippen LogP contribution in [0.1, 0.15) is 6.42 Å². The molecule has 0 fully saturated rings. The Balaban J connectivity index is 4.41. The fraction of sp³-hybridized carbons (Fsp3) is 0.750. The Labute approximate surface area is 94.7 Å². The Morgan fingerprint density at radius 3 is 2.06 bits per heavy atom. The van der Waals surface area contributed by atoms with Crippen LogP contribution in [0.3, 0.4) is 0 Å². The van der Waals surface area contributed by atoms with E-state index in [0.717, 1.165) is 4.31 Å². The first-order valence-corrected chi connectivity index (χ1v) is 6.13. The predicted octanol–water partition coefficient (Wildman–Crippen LogP) is -1.19. The number of carboxylic acid groups (broad SMARTS) is 1. The number of likely N-dealkylation sites (N-methyl/N-ethyl adjacent to an activating group) is 2. The molecule has 0 aromatic carbocycles. The summed E-state index contributed by atoms with van der Waals surface area (Å²) in [6.45, 7) is -0.283. The van der Waals surface area contributed by atoms with Gasteiger partial charge in [0.25, 0.3) is 0 Å². The lowest BCUT2D eigenvalue weighted by molar-refractivity contribution is -0.136. The lowest BCUT2D eigenvalue weighted by atomic mass is 10.5. The minimum Gasteiger partial charge on any atom is -0.481 e. The van der Waals surface area contributed by atoms with Crippen LogP contribution in [0.25, 0.3) is 0 Å². The predicted molar refractivity (Wildman–Crippen MR) is 57.4 cm³/mol. The second kappa shape index (κ2) is 5.80. The van der Waals surface area contributed by atoms with E-state index in [1.54, 1.807) is 0 Å². The molecule has 0 aliphatic heterocycles. The van der Waals surface area contributed by atoms with Gasteiger partial charge in [0.15, 0.2) is 0 Å². The number of aliphatic carboxylic acids is 1. The molecule has 7 nitrogen and oxygen atoms in total. The summed E-state index contributed by atoms with van der Waals surface area (Å²) in [5, 5.41) is 8.37. The molecule has 1 N–H and O–H groups in total. The Morgan fingerprint density at radius 1 is 1.19 bits per heavy atom. The topological polar surface area (TPSA) is 95.0 Å². The molecule has 0 saturated heterocycles. The SMILES string of the molecule is CN(C)C(=O)CN(C)S(=O)(=O)CCC(=O)O. The molecule has 0 atom stereocenters. The highest BCUT2D eigenvalue weighted by molar-refractivity contribution is 7.89. The van der Waals surface area contributed by atoms with Crippen LogP contribution in [0.4, 0.5) is 0 Å². The van der Waals surface area contributed by atoms with E-state index in [-0.39, 0.29) is 12.5 Å². The Bertz CT molecular complexity index is 363. The van der Waals surface area contributed by atoms with E-state index in [1.165, 1.54) is 26.0 Å². The summed E-state index contributed by atoms with van der Waals surface area (Å²) < 4.78 is 23.8. The molecular formula is C8H16N2O5S. The van der Waals surface area contributed by atoms with Gasteiger partial charge in [-0.1, -0.05) is 0 Å². The summed E-state index contributed by atoms with van der Waals surface area (Å²) in [5.74, 6) is -2.04. The summed E-state index contributed by atoms with van der Waals surface area (Å²) in [6, 6.07) is 0. The van der Waals surface area contributed by atoms with Crippen LogP contribution in [-0.4, -0.2) is 68.0 Å². The molecule has 0 aromatic heterocycles. The number of carboxylic acids is 1. The zero-order chi connectivity index (χ0) is 12.9.